The van der Waals surface area contributed by atoms with Crippen LogP contribution in [0.2, 0.25) is 0 Å². The summed E-state index contributed by atoms with van der Waals surface area (Å²) in [4.78, 5) is 28.9. The van der Waals surface area contributed by atoms with Gasteiger partial charge in [-0.25, -0.2) is 9.37 Å². The molecule has 0 radical (unpaired) electrons. The molecule has 1 aliphatic carbocycles. The number of aromatic nitrogens is 2. The molecule has 1 atom stereocenters. The zero-order chi connectivity index (χ0) is 23.3. The molecule has 1 aromatic heterocycles. The predicted molar refractivity (Wildman–Crippen MR) is 130 cm³/mol. The highest BCUT2D eigenvalue weighted by Gasteiger charge is 2.52. The molecular formula is C25H32FN7O. The first-order valence-electron chi connectivity index (χ1n) is 12.5. The third kappa shape index (κ3) is 3.76. The van der Waals surface area contributed by atoms with Crippen LogP contribution in [0.5, 0.6) is 0 Å². The molecule has 1 spiro atoms. The van der Waals surface area contributed by atoms with Crippen LogP contribution in [0, 0.1) is 5.82 Å². The van der Waals surface area contributed by atoms with Crippen LogP contribution in [-0.4, -0.2) is 77.0 Å². The molecule has 9 heteroatoms. The number of nitrogens with one attached hydrogen (secondary N) is 2. The molecule has 1 aromatic carbocycles. The van der Waals surface area contributed by atoms with Crippen molar-refractivity contribution in [3.05, 3.63) is 35.8 Å². The van der Waals surface area contributed by atoms with Gasteiger partial charge in [-0.3, -0.25) is 4.79 Å². The molecule has 180 valence electrons. The minimum atomic E-state index is -0.604. The molecule has 1 saturated carbocycles. The van der Waals surface area contributed by atoms with Crippen molar-refractivity contribution in [3.63, 3.8) is 0 Å². The van der Waals surface area contributed by atoms with Gasteiger partial charge < -0.3 is 25.3 Å². The fourth-order valence-electron chi connectivity index (χ4n) is 5.93. The molecule has 0 bridgehead atoms. The number of rotatable bonds is 4. The standard InChI is InChI=1S/C25H32FN7O/c1-31-10-12-32(13-11-31)19-6-7-21(20(26)14-19)28-24-27-16-17-15-25(30-22(17)29-24)8-9-33(23(25)34)18-4-2-3-5-18/h6-7,14,16,18H,2-5,8-13,15H2,1H3,(H2,27,28,29,30). The van der Waals surface area contributed by atoms with Crippen LogP contribution in [-0.2, 0) is 11.2 Å². The van der Waals surface area contributed by atoms with E-state index in [0.717, 1.165) is 63.2 Å². The van der Waals surface area contributed by atoms with E-state index in [2.05, 4.69) is 42.3 Å². The Bertz CT molecular complexity index is 1100. The molecule has 3 fully saturated rings. The number of nitrogens with zero attached hydrogens (tertiary/aromatic N) is 5. The Morgan fingerprint density at radius 3 is 2.71 bits per heavy atom. The molecule has 2 N–H and O–H groups in total. The minimum Gasteiger partial charge on any atom is -0.369 e. The third-order valence-corrected chi connectivity index (χ3v) is 8.00. The largest absolute Gasteiger partial charge is 0.369 e. The van der Waals surface area contributed by atoms with Crippen molar-refractivity contribution < 1.29 is 9.18 Å². The average molecular weight is 466 g/mol. The van der Waals surface area contributed by atoms with E-state index in [-0.39, 0.29) is 11.7 Å². The number of carbonyl (C=O) groups excluding carboxylic acids is 1. The Morgan fingerprint density at radius 2 is 1.94 bits per heavy atom. The average Bonchev–Trinajstić information content (AvgIpc) is 3.56. The van der Waals surface area contributed by atoms with E-state index in [1.807, 2.05) is 6.07 Å². The lowest BCUT2D eigenvalue weighted by Gasteiger charge is -2.34. The van der Waals surface area contributed by atoms with Crippen molar-refractivity contribution in [1.82, 2.24) is 19.8 Å². The fraction of sp³-hybridized carbons (Fsp3) is 0.560. The van der Waals surface area contributed by atoms with E-state index < -0.39 is 5.54 Å². The van der Waals surface area contributed by atoms with Gasteiger partial charge in [0.1, 0.15) is 17.2 Å². The summed E-state index contributed by atoms with van der Waals surface area (Å²) < 4.78 is 14.9. The van der Waals surface area contributed by atoms with Gasteiger partial charge in [-0.15, -0.1) is 0 Å². The van der Waals surface area contributed by atoms with E-state index >= 15 is 0 Å². The minimum absolute atomic E-state index is 0.192. The number of benzene rings is 1. The first-order valence-corrected chi connectivity index (χ1v) is 12.5. The molecule has 4 heterocycles. The maximum absolute atomic E-state index is 14.9. The van der Waals surface area contributed by atoms with Gasteiger partial charge in [-0.2, -0.15) is 4.98 Å². The first-order chi connectivity index (χ1) is 16.5. The van der Waals surface area contributed by atoms with Crippen LogP contribution >= 0.6 is 0 Å². The summed E-state index contributed by atoms with van der Waals surface area (Å²) in [5, 5.41) is 6.45. The highest BCUT2D eigenvalue weighted by Crippen LogP contribution is 2.41. The van der Waals surface area contributed by atoms with Gasteiger partial charge in [0.15, 0.2) is 0 Å². The summed E-state index contributed by atoms with van der Waals surface area (Å²) in [5.41, 5.74) is 1.57. The van der Waals surface area contributed by atoms with Crippen molar-refractivity contribution >= 4 is 29.0 Å². The molecule has 1 unspecified atom stereocenters. The topological polar surface area (TPSA) is 76.6 Å². The smallest absolute Gasteiger partial charge is 0.248 e. The van der Waals surface area contributed by atoms with Gasteiger partial charge in [-0.05, 0) is 44.5 Å². The first kappa shape index (κ1) is 21.6. The normalized spacial score (nSPS) is 25.3. The van der Waals surface area contributed by atoms with Gasteiger partial charge >= 0.3 is 0 Å². The number of likely N-dealkylation sites (tertiary alicyclic amines) is 1. The van der Waals surface area contributed by atoms with E-state index in [1.165, 1.54) is 12.8 Å². The highest BCUT2D eigenvalue weighted by molar-refractivity contribution is 5.94. The SMILES string of the molecule is CN1CCN(c2ccc(Nc3ncc4c(n3)NC3(CCN(C5CCCC5)C3=O)C4)c(F)c2)CC1. The number of hydrogen-bond acceptors (Lipinski definition) is 7. The molecule has 2 saturated heterocycles. The van der Waals surface area contributed by atoms with Crippen LogP contribution in [0.3, 0.4) is 0 Å². The Morgan fingerprint density at radius 1 is 1.15 bits per heavy atom. The van der Waals surface area contributed by atoms with E-state index in [4.69, 9.17) is 0 Å². The third-order valence-electron chi connectivity index (χ3n) is 8.00. The van der Waals surface area contributed by atoms with Gasteiger partial charge in [-0.1, -0.05) is 12.8 Å². The number of anilines is 4. The predicted octanol–water partition coefficient (Wildman–Crippen LogP) is 2.99. The molecule has 6 rings (SSSR count). The maximum atomic E-state index is 14.9. The monoisotopic (exact) mass is 465 g/mol. The summed E-state index contributed by atoms with van der Waals surface area (Å²) in [6.07, 6.45) is 7.80. The van der Waals surface area contributed by atoms with E-state index in [1.54, 1.807) is 18.3 Å². The summed E-state index contributed by atoms with van der Waals surface area (Å²) >= 11 is 0. The van der Waals surface area contributed by atoms with Crippen molar-refractivity contribution in [1.29, 1.82) is 0 Å². The van der Waals surface area contributed by atoms with Gasteiger partial charge in [0.25, 0.3) is 0 Å². The molecule has 34 heavy (non-hydrogen) atoms. The van der Waals surface area contributed by atoms with Crippen molar-refractivity contribution in [2.24, 2.45) is 0 Å². The molecule has 8 nitrogen and oxygen atoms in total. The van der Waals surface area contributed by atoms with Gasteiger partial charge in [0.2, 0.25) is 11.9 Å². The molecule has 3 aliphatic heterocycles. The summed E-state index contributed by atoms with van der Waals surface area (Å²) in [6.45, 7) is 4.52. The number of likely N-dealkylation sites (N-methyl/N-ethyl adjacent to an activating group) is 1. The lowest BCUT2D eigenvalue weighted by atomic mass is 9.94. The lowest BCUT2D eigenvalue weighted by Crippen LogP contribution is -2.47. The van der Waals surface area contributed by atoms with E-state index in [9.17, 15) is 9.18 Å². The second-order valence-corrected chi connectivity index (χ2v) is 10.2. The fourth-order valence-corrected chi connectivity index (χ4v) is 5.93. The number of fused-ring (bicyclic) bond motifs is 1. The Balaban J connectivity index is 1.15. The second-order valence-electron chi connectivity index (χ2n) is 10.2. The quantitative estimate of drug-likeness (QED) is 0.719. The zero-order valence-electron chi connectivity index (χ0n) is 19.7. The maximum Gasteiger partial charge on any atom is 0.248 e. The summed E-state index contributed by atoms with van der Waals surface area (Å²) in [6, 6.07) is 5.64. The van der Waals surface area contributed by atoms with Crippen LogP contribution in [0.15, 0.2) is 24.4 Å². The Kier molecular flexibility index (Phi) is 5.32. The van der Waals surface area contributed by atoms with Crippen LogP contribution in [0.1, 0.15) is 37.7 Å². The molecule has 1 amide bonds. The van der Waals surface area contributed by atoms with Crippen molar-refractivity contribution in [3.8, 4) is 0 Å². The molecule has 4 aliphatic rings. The van der Waals surface area contributed by atoms with Crippen molar-refractivity contribution in [2.75, 3.05) is 55.3 Å². The highest BCUT2D eigenvalue weighted by atomic mass is 19.1. The Hall–Kier alpha value is -2.94. The summed E-state index contributed by atoms with van der Waals surface area (Å²) in [5.74, 6) is 0.863. The zero-order valence-corrected chi connectivity index (χ0v) is 19.7. The van der Waals surface area contributed by atoms with Crippen LogP contribution in [0.25, 0.3) is 0 Å². The second kappa shape index (κ2) is 8.37. The van der Waals surface area contributed by atoms with Gasteiger partial charge in [0, 0.05) is 62.6 Å². The Labute approximate surface area is 199 Å². The number of amides is 1. The molecular weight excluding hydrogens is 433 g/mol. The lowest BCUT2D eigenvalue weighted by molar-refractivity contribution is -0.133. The van der Waals surface area contributed by atoms with Crippen LogP contribution in [0.4, 0.5) is 27.5 Å². The van der Waals surface area contributed by atoms with Crippen molar-refractivity contribution in [2.45, 2.75) is 50.1 Å². The van der Waals surface area contributed by atoms with Crippen LogP contribution < -0.4 is 15.5 Å². The number of halogens is 1. The number of carbonyl (C=O) groups is 1. The summed E-state index contributed by atoms with van der Waals surface area (Å²) in [7, 11) is 2.10. The number of piperazine rings is 1. The molecule has 2 aromatic rings. The number of hydrogen-bond donors (Lipinski definition) is 2. The van der Waals surface area contributed by atoms with Gasteiger partial charge in [0.05, 0.1) is 5.69 Å². The van der Waals surface area contributed by atoms with E-state index in [0.29, 0.717) is 29.9 Å².